The number of halogens is 1. The molecule has 0 saturated carbocycles. The van der Waals surface area contributed by atoms with Crippen LogP contribution in [0.5, 0.6) is 0 Å². The number of pyridine rings is 1. The van der Waals surface area contributed by atoms with Crippen molar-refractivity contribution in [1.82, 2.24) is 19.3 Å². The fourth-order valence-electron chi connectivity index (χ4n) is 2.12. The highest BCUT2D eigenvalue weighted by Crippen LogP contribution is 2.20. The van der Waals surface area contributed by atoms with E-state index in [0.717, 1.165) is 17.2 Å². The van der Waals surface area contributed by atoms with Crippen LogP contribution in [0.4, 0.5) is 0 Å². The molecule has 3 aromatic rings. The van der Waals surface area contributed by atoms with Crippen molar-refractivity contribution in [2.45, 2.75) is 11.8 Å². The van der Waals surface area contributed by atoms with Gasteiger partial charge in [-0.2, -0.15) is 5.10 Å². The molecule has 0 aliphatic heterocycles. The normalized spacial score (nSPS) is 11.8. The van der Waals surface area contributed by atoms with Gasteiger partial charge in [0.15, 0.2) is 9.84 Å². The Morgan fingerprint density at radius 2 is 2.00 bits per heavy atom. The van der Waals surface area contributed by atoms with Gasteiger partial charge in [-0.05, 0) is 19.1 Å². The molecule has 3 aromatic heterocycles. The Morgan fingerprint density at radius 3 is 2.64 bits per heavy atom. The molecular weight excluding hydrogens is 324 g/mol. The molecule has 6 nitrogen and oxygen atoms in total. The zero-order chi connectivity index (χ0) is 15.9. The molecule has 0 spiro atoms. The predicted molar refractivity (Wildman–Crippen MR) is 83.5 cm³/mol. The van der Waals surface area contributed by atoms with Crippen LogP contribution in [-0.2, 0) is 9.84 Å². The van der Waals surface area contributed by atoms with Crippen molar-refractivity contribution in [1.29, 1.82) is 0 Å². The standard InChI is InChI=1S/C14H13ClN4O2S/c1-10-7-14(18-6-4-12(9-18)22(2,20)21)19(17-10)11-3-5-16-13(15)8-11/h3-9H,1-2H3. The van der Waals surface area contributed by atoms with Gasteiger partial charge in [0.05, 0.1) is 16.3 Å². The van der Waals surface area contributed by atoms with Gasteiger partial charge < -0.3 is 4.57 Å². The zero-order valence-corrected chi connectivity index (χ0v) is 13.5. The van der Waals surface area contributed by atoms with Crippen LogP contribution >= 0.6 is 11.6 Å². The summed E-state index contributed by atoms with van der Waals surface area (Å²) in [4.78, 5) is 4.20. The fourth-order valence-corrected chi connectivity index (χ4v) is 2.90. The van der Waals surface area contributed by atoms with Crippen LogP contribution in [0, 0.1) is 6.92 Å². The highest BCUT2D eigenvalue weighted by atomic mass is 35.5. The second-order valence-electron chi connectivity index (χ2n) is 4.92. The van der Waals surface area contributed by atoms with Crippen molar-refractivity contribution in [2.24, 2.45) is 0 Å². The number of nitrogens with zero attached hydrogens (tertiary/aromatic N) is 4. The monoisotopic (exact) mass is 336 g/mol. The number of rotatable bonds is 3. The maximum atomic E-state index is 11.6. The lowest BCUT2D eigenvalue weighted by Gasteiger charge is -2.08. The number of aromatic nitrogens is 4. The van der Waals surface area contributed by atoms with Gasteiger partial charge in [-0.3, -0.25) is 0 Å². The van der Waals surface area contributed by atoms with Gasteiger partial charge in [0, 0.05) is 37.0 Å². The minimum atomic E-state index is -3.25. The van der Waals surface area contributed by atoms with E-state index in [1.54, 1.807) is 46.0 Å². The first kappa shape index (κ1) is 14.8. The van der Waals surface area contributed by atoms with Crippen LogP contribution in [-0.4, -0.2) is 34.0 Å². The van der Waals surface area contributed by atoms with E-state index >= 15 is 0 Å². The lowest BCUT2D eigenvalue weighted by Crippen LogP contribution is -2.04. The predicted octanol–water partition coefficient (Wildman–Crippen LogP) is 2.42. The van der Waals surface area contributed by atoms with Crippen LogP contribution in [0.25, 0.3) is 11.5 Å². The summed E-state index contributed by atoms with van der Waals surface area (Å²) in [5, 5.41) is 4.79. The first-order chi connectivity index (χ1) is 10.3. The molecule has 8 heteroatoms. The lowest BCUT2D eigenvalue weighted by molar-refractivity contribution is 0.602. The highest BCUT2D eigenvalue weighted by Gasteiger charge is 2.14. The zero-order valence-electron chi connectivity index (χ0n) is 11.9. The summed E-state index contributed by atoms with van der Waals surface area (Å²) in [7, 11) is -3.25. The summed E-state index contributed by atoms with van der Waals surface area (Å²) in [6.45, 7) is 1.86. The fraction of sp³-hybridized carbons (Fsp3) is 0.143. The Hall–Kier alpha value is -2.12. The molecule has 0 aromatic carbocycles. The van der Waals surface area contributed by atoms with E-state index in [1.165, 1.54) is 6.26 Å². The van der Waals surface area contributed by atoms with Crippen LogP contribution < -0.4 is 0 Å². The molecular formula is C14H13ClN4O2S. The van der Waals surface area contributed by atoms with E-state index in [0.29, 0.717) is 5.15 Å². The quantitative estimate of drug-likeness (QED) is 0.689. The highest BCUT2D eigenvalue weighted by molar-refractivity contribution is 7.90. The van der Waals surface area contributed by atoms with Crippen molar-refractivity contribution in [2.75, 3.05) is 6.26 Å². The second kappa shape index (κ2) is 5.26. The Bertz CT molecular complexity index is 943. The summed E-state index contributed by atoms with van der Waals surface area (Å²) in [6, 6.07) is 6.89. The molecule has 0 saturated heterocycles. The summed E-state index contributed by atoms with van der Waals surface area (Å²) < 4.78 is 26.6. The number of sulfone groups is 1. The summed E-state index contributed by atoms with van der Waals surface area (Å²) in [6.07, 6.45) is 6.02. The van der Waals surface area contributed by atoms with Crippen molar-refractivity contribution in [3.05, 3.63) is 53.7 Å². The summed E-state index contributed by atoms with van der Waals surface area (Å²) in [5.41, 5.74) is 1.55. The average Bonchev–Trinajstić information content (AvgIpc) is 3.04. The van der Waals surface area contributed by atoms with E-state index in [1.807, 2.05) is 13.0 Å². The van der Waals surface area contributed by atoms with Crippen LogP contribution in [0.3, 0.4) is 0 Å². The Labute approximate surface area is 132 Å². The van der Waals surface area contributed by atoms with E-state index in [2.05, 4.69) is 10.1 Å². The van der Waals surface area contributed by atoms with Gasteiger partial charge in [-0.15, -0.1) is 0 Å². The van der Waals surface area contributed by atoms with Crippen molar-refractivity contribution in [3.8, 4) is 11.5 Å². The van der Waals surface area contributed by atoms with Crippen molar-refractivity contribution >= 4 is 21.4 Å². The van der Waals surface area contributed by atoms with E-state index in [4.69, 9.17) is 11.6 Å². The minimum absolute atomic E-state index is 0.255. The van der Waals surface area contributed by atoms with E-state index < -0.39 is 9.84 Å². The molecule has 3 heterocycles. The molecule has 0 aliphatic rings. The van der Waals surface area contributed by atoms with Gasteiger partial charge in [-0.25, -0.2) is 18.1 Å². The summed E-state index contributed by atoms with van der Waals surface area (Å²) in [5.74, 6) is 0.717. The second-order valence-corrected chi connectivity index (χ2v) is 7.32. The maximum absolute atomic E-state index is 11.6. The topological polar surface area (TPSA) is 69.8 Å². The molecule has 0 N–H and O–H groups in total. The molecule has 0 unspecified atom stereocenters. The number of aryl methyl sites for hydroxylation is 1. The Kier molecular flexibility index (Phi) is 3.54. The third-order valence-electron chi connectivity index (χ3n) is 3.13. The smallest absolute Gasteiger partial charge is 0.177 e. The third-order valence-corrected chi connectivity index (χ3v) is 4.43. The first-order valence-electron chi connectivity index (χ1n) is 6.41. The molecule has 22 heavy (non-hydrogen) atoms. The Morgan fingerprint density at radius 1 is 1.23 bits per heavy atom. The molecule has 0 aliphatic carbocycles. The van der Waals surface area contributed by atoms with Gasteiger partial charge in [-0.1, -0.05) is 11.6 Å². The SMILES string of the molecule is Cc1cc(-n2ccc(S(C)(=O)=O)c2)n(-c2ccnc(Cl)c2)n1. The van der Waals surface area contributed by atoms with Gasteiger partial charge in [0.1, 0.15) is 11.0 Å². The number of hydrogen-bond donors (Lipinski definition) is 0. The van der Waals surface area contributed by atoms with Crippen molar-refractivity contribution in [3.63, 3.8) is 0 Å². The van der Waals surface area contributed by atoms with E-state index in [-0.39, 0.29) is 4.90 Å². The lowest BCUT2D eigenvalue weighted by atomic mass is 10.4. The third kappa shape index (κ3) is 2.77. The molecule has 0 fully saturated rings. The summed E-state index contributed by atoms with van der Waals surface area (Å²) >= 11 is 5.93. The first-order valence-corrected chi connectivity index (χ1v) is 8.68. The van der Waals surface area contributed by atoms with Crippen LogP contribution in [0.2, 0.25) is 5.15 Å². The minimum Gasteiger partial charge on any atom is -0.307 e. The largest absolute Gasteiger partial charge is 0.307 e. The Balaban J connectivity index is 2.15. The van der Waals surface area contributed by atoms with Gasteiger partial charge >= 0.3 is 0 Å². The maximum Gasteiger partial charge on any atom is 0.177 e. The van der Waals surface area contributed by atoms with Gasteiger partial charge in [0.2, 0.25) is 0 Å². The molecule has 3 rings (SSSR count). The number of hydrogen-bond acceptors (Lipinski definition) is 4. The van der Waals surface area contributed by atoms with Gasteiger partial charge in [0.25, 0.3) is 0 Å². The molecule has 114 valence electrons. The van der Waals surface area contributed by atoms with Crippen LogP contribution in [0.15, 0.2) is 47.8 Å². The molecule has 0 bridgehead atoms. The molecule has 0 radical (unpaired) electrons. The average molecular weight is 337 g/mol. The molecule has 0 amide bonds. The van der Waals surface area contributed by atoms with E-state index in [9.17, 15) is 8.42 Å². The van der Waals surface area contributed by atoms with Crippen molar-refractivity contribution < 1.29 is 8.42 Å². The molecule has 0 atom stereocenters. The van der Waals surface area contributed by atoms with Crippen LogP contribution in [0.1, 0.15) is 5.69 Å².